The lowest BCUT2D eigenvalue weighted by Gasteiger charge is -2.14. The summed E-state index contributed by atoms with van der Waals surface area (Å²) in [7, 11) is 2.74. The summed E-state index contributed by atoms with van der Waals surface area (Å²) < 4.78 is 15.9. The van der Waals surface area contributed by atoms with E-state index in [1.54, 1.807) is 18.2 Å². The normalized spacial score (nSPS) is 10.7. The molecule has 180 valence electrons. The zero-order valence-electron chi connectivity index (χ0n) is 19.4. The Morgan fingerprint density at radius 2 is 1.85 bits per heavy atom. The number of fused-ring (bicyclic) bond motifs is 1. The minimum Gasteiger partial charge on any atom is -0.507 e. The number of hydrogen-bond acceptors (Lipinski definition) is 7. The van der Waals surface area contributed by atoms with Gasteiger partial charge in [-0.2, -0.15) is 0 Å². The van der Waals surface area contributed by atoms with Crippen molar-refractivity contribution >= 4 is 22.8 Å². The topological polar surface area (TPSA) is 127 Å². The summed E-state index contributed by atoms with van der Waals surface area (Å²) in [5.74, 6) is -0.585. The van der Waals surface area contributed by atoms with Crippen LogP contribution in [0, 0.1) is 0 Å². The predicted octanol–water partition coefficient (Wildman–Crippen LogP) is 3.53. The molecule has 0 saturated carbocycles. The van der Waals surface area contributed by atoms with Gasteiger partial charge in [0.05, 0.1) is 26.3 Å². The number of aromatic hydroxyl groups is 1. The Labute approximate surface area is 196 Å². The molecule has 0 aliphatic carbocycles. The van der Waals surface area contributed by atoms with Crippen molar-refractivity contribution in [3.63, 3.8) is 0 Å². The van der Waals surface area contributed by atoms with Crippen LogP contribution in [-0.2, 0) is 11.3 Å². The first-order valence-corrected chi connectivity index (χ1v) is 10.9. The van der Waals surface area contributed by atoms with E-state index in [9.17, 15) is 19.5 Å². The zero-order chi connectivity index (χ0) is 24.7. The van der Waals surface area contributed by atoms with Crippen LogP contribution in [0.25, 0.3) is 10.9 Å². The summed E-state index contributed by atoms with van der Waals surface area (Å²) in [6.07, 6.45) is 2.95. The number of esters is 1. The Bertz CT molecular complexity index is 1250. The molecule has 0 radical (unpaired) electrons. The maximum absolute atomic E-state index is 12.7. The van der Waals surface area contributed by atoms with E-state index in [0.29, 0.717) is 34.6 Å². The molecule has 3 N–H and O–H groups in total. The molecule has 0 aliphatic rings. The van der Waals surface area contributed by atoms with Crippen molar-refractivity contribution in [2.24, 2.45) is 0 Å². The fourth-order valence-electron chi connectivity index (χ4n) is 3.48. The van der Waals surface area contributed by atoms with Crippen LogP contribution < -0.4 is 20.3 Å². The second-order valence-electron chi connectivity index (χ2n) is 7.65. The molecule has 1 heterocycles. The SMILES string of the molecule is CCCCCOc1c(OC)ccc2cc(C(=O)NCc3ccc(C(=O)OC)c(O)c3)c(=O)[nH]c12. The fourth-order valence-corrected chi connectivity index (χ4v) is 3.48. The Kier molecular flexibility index (Phi) is 8.13. The third-order valence-corrected chi connectivity index (χ3v) is 5.32. The van der Waals surface area contributed by atoms with Gasteiger partial charge in [-0.1, -0.05) is 25.8 Å². The number of carbonyl (C=O) groups excluding carboxylic acids is 2. The fraction of sp³-hybridized carbons (Fsp3) is 0.320. The number of H-pyrrole nitrogens is 1. The Morgan fingerprint density at radius 3 is 2.53 bits per heavy atom. The maximum Gasteiger partial charge on any atom is 0.341 e. The van der Waals surface area contributed by atoms with Crippen LogP contribution in [0.4, 0.5) is 0 Å². The molecule has 0 fully saturated rings. The lowest BCUT2D eigenvalue weighted by atomic mass is 10.1. The van der Waals surface area contributed by atoms with Gasteiger partial charge < -0.3 is 29.6 Å². The molecule has 9 nitrogen and oxygen atoms in total. The molecule has 0 bridgehead atoms. The highest BCUT2D eigenvalue weighted by Gasteiger charge is 2.17. The molecule has 0 spiro atoms. The van der Waals surface area contributed by atoms with Crippen LogP contribution >= 0.6 is 0 Å². The molecule has 34 heavy (non-hydrogen) atoms. The van der Waals surface area contributed by atoms with Crippen LogP contribution in [0.3, 0.4) is 0 Å². The van der Waals surface area contributed by atoms with Gasteiger partial charge in [0.15, 0.2) is 11.5 Å². The highest BCUT2D eigenvalue weighted by molar-refractivity contribution is 5.98. The second-order valence-corrected chi connectivity index (χ2v) is 7.65. The second kappa shape index (κ2) is 11.2. The average molecular weight is 469 g/mol. The van der Waals surface area contributed by atoms with E-state index in [2.05, 4.69) is 22.0 Å². The molecule has 0 aliphatic heterocycles. The zero-order valence-corrected chi connectivity index (χ0v) is 19.4. The third kappa shape index (κ3) is 5.48. The lowest BCUT2D eigenvalue weighted by Crippen LogP contribution is -2.29. The monoisotopic (exact) mass is 468 g/mol. The summed E-state index contributed by atoms with van der Waals surface area (Å²) >= 11 is 0. The van der Waals surface area contributed by atoms with Gasteiger partial charge in [0, 0.05) is 11.9 Å². The first-order valence-electron chi connectivity index (χ1n) is 10.9. The third-order valence-electron chi connectivity index (χ3n) is 5.32. The number of ether oxygens (including phenoxy) is 3. The van der Waals surface area contributed by atoms with Gasteiger partial charge in [0.1, 0.15) is 16.9 Å². The summed E-state index contributed by atoms with van der Waals surface area (Å²) in [5, 5.41) is 13.3. The number of pyridine rings is 1. The number of phenols is 1. The van der Waals surface area contributed by atoms with Crippen LogP contribution in [0.5, 0.6) is 17.2 Å². The molecule has 0 unspecified atom stereocenters. The van der Waals surface area contributed by atoms with E-state index >= 15 is 0 Å². The minimum absolute atomic E-state index is 0.0201. The minimum atomic E-state index is -0.666. The summed E-state index contributed by atoms with van der Waals surface area (Å²) in [5.41, 5.74) is 0.390. The molecule has 9 heteroatoms. The number of phenolic OH excluding ortho intramolecular Hbond substituents is 1. The molecule has 1 amide bonds. The summed E-state index contributed by atoms with van der Waals surface area (Å²) in [4.78, 5) is 39.8. The summed E-state index contributed by atoms with van der Waals surface area (Å²) in [6.45, 7) is 2.62. The molecule has 3 rings (SSSR count). The molecule has 3 aromatic rings. The molecular formula is C25H28N2O7. The van der Waals surface area contributed by atoms with E-state index in [-0.39, 0.29) is 23.4 Å². The number of nitrogens with one attached hydrogen (secondary N) is 2. The first kappa shape index (κ1) is 24.6. The number of aromatic amines is 1. The van der Waals surface area contributed by atoms with E-state index in [1.807, 2.05) is 0 Å². The highest BCUT2D eigenvalue weighted by atomic mass is 16.5. The number of rotatable bonds is 10. The van der Waals surface area contributed by atoms with Crippen molar-refractivity contribution in [2.75, 3.05) is 20.8 Å². The van der Waals surface area contributed by atoms with Crippen molar-refractivity contribution < 1.29 is 28.9 Å². The van der Waals surface area contributed by atoms with E-state index in [0.717, 1.165) is 19.3 Å². The van der Waals surface area contributed by atoms with Crippen molar-refractivity contribution in [2.45, 2.75) is 32.7 Å². The number of methoxy groups -OCH3 is 2. The van der Waals surface area contributed by atoms with Crippen molar-refractivity contribution in [1.29, 1.82) is 0 Å². The van der Waals surface area contributed by atoms with Crippen molar-refractivity contribution in [3.05, 3.63) is 63.4 Å². The number of amides is 1. The largest absolute Gasteiger partial charge is 0.507 e. The number of benzene rings is 2. The quantitative estimate of drug-likeness (QED) is 0.307. The number of aromatic nitrogens is 1. The molecule has 2 aromatic carbocycles. The first-order chi connectivity index (χ1) is 16.4. The average Bonchev–Trinajstić information content (AvgIpc) is 2.84. The Balaban J connectivity index is 1.81. The lowest BCUT2D eigenvalue weighted by molar-refractivity contribution is 0.0597. The Hall–Kier alpha value is -4.01. The van der Waals surface area contributed by atoms with Gasteiger partial charge >= 0.3 is 5.97 Å². The van der Waals surface area contributed by atoms with Crippen LogP contribution in [0.1, 0.15) is 52.5 Å². The molecule has 0 atom stereocenters. The number of carbonyl (C=O) groups is 2. The van der Waals surface area contributed by atoms with Gasteiger partial charge in [-0.15, -0.1) is 0 Å². The van der Waals surface area contributed by atoms with Gasteiger partial charge in [0.2, 0.25) is 0 Å². The van der Waals surface area contributed by atoms with Crippen LogP contribution in [0.15, 0.2) is 41.2 Å². The number of unbranched alkanes of at least 4 members (excludes halogenated alkanes) is 2. The van der Waals surface area contributed by atoms with E-state index < -0.39 is 17.4 Å². The van der Waals surface area contributed by atoms with Gasteiger partial charge in [-0.25, -0.2) is 4.79 Å². The van der Waals surface area contributed by atoms with Gasteiger partial charge in [-0.05, 0) is 42.3 Å². The van der Waals surface area contributed by atoms with E-state index in [4.69, 9.17) is 9.47 Å². The van der Waals surface area contributed by atoms with E-state index in [1.165, 1.54) is 32.4 Å². The van der Waals surface area contributed by atoms with Crippen LogP contribution in [0.2, 0.25) is 0 Å². The molecule has 0 saturated heterocycles. The summed E-state index contributed by atoms with van der Waals surface area (Å²) in [6, 6.07) is 9.30. The van der Waals surface area contributed by atoms with Gasteiger partial charge in [0.25, 0.3) is 11.5 Å². The predicted molar refractivity (Wildman–Crippen MR) is 127 cm³/mol. The molecule has 1 aromatic heterocycles. The highest BCUT2D eigenvalue weighted by Crippen LogP contribution is 2.34. The van der Waals surface area contributed by atoms with Crippen LogP contribution in [-0.4, -0.2) is 42.8 Å². The standard InChI is InChI=1S/C25H28N2O7/c1-4-5-6-11-34-22-20(32-2)10-8-16-13-18(24(30)27-21(16)22)23(29)26-14-15-7-9-17(19(28)12-15)25(31)33-3/h7-10,12-13,28H,4-6,11,14H2,1-3H3,(H,26,29)(H,27,30). The Morgan fingerprint density at radius 1 is 1.06 bits per heavy atom. The smallest absolute Gasteiger partial charge is 0.341 e. The van der Waals surface area contributed by atoms with Crippen molar-refractivity contribution in [1.82, 2.24) is 10.3 Å². The van der Waals surface area contributed by atoms with Gasteiger partial charge in [-0.3, -0.25) is 9.59 Å². The van der Waals surface area contributed by atoms with Crippen molar-refractivity contribution in [3.8, 4) is 17.2 Å². The molecular weight excluding hydrogens is 440 g/mol. The maximum atomic E-state index is 12.7. The number of hydrogen-bond donors (Lipinski definition) is 3.